The van der Waals surface area contributed by atoms with Gasteiger partial charge in [-0.05, 0) is 43.1 Å². The molecular weight excluding hydrogens is 328 g/mol. The number of hydrogen-bond donors (Lipinski definition) is 2. The van der Waals surface area contributed by atoms with Gasteiger partial charge >= 0.3 is 0 Å². The summed E-state index contributed by atoms with van der Waals surface area (Å²) in [5.74, 6) is 1.51. The smallest absolute Gasteiger partial charge is 0.262 e. The van der Waals surface area contributed by atoms with Crippen LogP contribution in [0.3, 0.4) is 0 Å². The fourth-order valence-corrected chi connectivity index (χ4v) is 2.76. The van der Waals surface area contributed by atoms with Crippen LogP contribution in [0.15, 0.2) is 30.5 Å². The topological polar surface area (TPSA) is 76.1 Å². The van der Waals surface area contributed by atoms with E-state index in [0.29, 0.717) is 0 Å². The molecule has 2 N–H and O–H groups in total. The molecule has 0 bridgehead atoms. The zero-order valence-electron chi connectivity index (χ0n) is 15.6. The molecular formula is C20H26N4O2. The van der Waals surface area contributed by atoms with Crippen molar-refractivity contribution in [2.75, 3.05) is 18.5 Å². The van der Waals surface area contributed by atoms with Crippen molar-refractivity contribution in [1.29, 1.82) is 0 Å². The van der Waals surface area contributed by atoms with Gasteiger partial charge in [0.05, 0.1) is 5.69 Å². The van der Waals surface area contributed by atoms with Crippen molar-refractivity contribution in [2.45, 2.75) is 45.6 Å². The lowest BCUT2D eigenvalue weighted by molar-refractivity contribution is -0.118. The number of benzene rings is 1. The van der Waals surface area contributed by atoms with Crippen LogP contribution in [0.5, 0.6) is 5.75 Å². The largest absolute Gasteiger partial charge is 0.482 e. The Bertz CT molecular complexity index is 784. The quantitative estimate of drug-likeness (QED) is 0.780. The number of aryl methyl sites for hydroxylation is 1. The summed E-state index contributed by atoms with van der Waals surface area (Å²) in [6.45, 7) is 8.11. The molecule has 0 fully saturated rings. The van der Waals surface area contributed by atoms with Crippen molar-refractivity contribution in [3.05, 3.63) is 47.5 Å². The van der Waals surface area contributed by atoms with Crippen LogP contribution < -0.4 is 15.4 Å². The first-order valence-corrected chi connectivity index (χ1v) is 9.00. The maximum absolute atomic E-state index is 11.4. The predicted octanol–water partition coefficient (Wildman–Crippen LogP) is 2.83. The molecule has 1 aromatic carbocycles. The highest BCUT2D eigenvalue weighted by atomic mass is 16.5. The Labute approximate surface area is 154 Å². The highest BCUT2D eigenvalue weighted by Gasteiger charge is 2.17. The van der Waals surface area contributed by atoms with Crippen molar-refractivity contribution < 1.29 is 9.53 Å². The molecule has 1 amide bonds. The van der Waals surface area contributed by atoms with E-state index in [1.54, 1.807) is 0 Å². The van der Waals surface area contributed by atoms with Gasteiger partial charge in [0.1, 0.15) is 11.6 Å². The molecule has 138 valence electrons. The Kier molecular flexibility index (Phi) is 5.52. The number of carbonyl (C=O) groups excluding carboxylic acids is 1. The zero-order valence-corrected chi connectivity index (χ0v) is 15.6. The van der Waals surface area contributed by atoms with Crippen molar-refractivity contribution in [2.24, 2.45) is 0 Å². The van der Waals surface area contributed by atoms with Gasteiger partial charge in [0, 0.05) is 23.9 Å². The van der Waals surface area contributed by atoms with E-state index < -0.39 is 0 Å². The van der Waals surface area contributed by atoms with E-state index in [-0.39, 0.29) is 17.9 Å². The van der Waals surface area contributed by atoms with E-state index in [1.807, 2.05) is 30.5 Å². The van der Waals surface area contributed by atoms with Gasteiger partial charge < -0.3 is 15.4 Å². The van der Waals surface area contributed by atoms with Crippen molar-refractivity contribution >= 4 is 11.6 Å². The van der Waals surface area contributed by atoms with E-state index >= 15 is 0 Å². The van der Waals surface area contributed by atoms with E-state index in [1.165, 1.54) is 0 Å². The van der Waals surface area contributed by atoms with Gasteiger partial charge in [-0.1, -0.05) is 26.8 Å². The fraction of sp³-hybridized carbons (Fsp3) is 0.450. The molecule has 0 spiro atoms. The number of nitrogens with one attached hydrogen (secondary N) is 2. The standard InChI is InChI=1S/C20H26N4O2/c1-20(2,3)19-22-10-8-15(23-19)5-4-9-21-12-14-6-7-17-16(11-14)24-18(25)13-26-17/h6-8,10-11,21H,4-5,9,12-13H2,1-3H3,(H,24,25). The minimum atomic E-state index is -0.109. The van der Waals surface area contributed by atoms with Crippen LogP contribution in [0.1, 0.15) is 44.3 Å². The first-order chi connectivity index (χ1) is 12.4. The number of rotatable bonds is 6. The van der Waals surface area contributed by atoms with E-state index in [4.69, 9.17) is 4.74 Å². The van der Waals surface area contributed by atoms with Gasteiger partial charge in [-0.2, -0.15) is 0 Å². The van der Waals surface area contributed by atoms with Gasteiger partial charge in [0.15, 0.2) is 6.61 Å². The van der Waals surface area contributed by atoms with Gasteiger partial charge in [-0.15, -0.1) is 0 Å². The highest BCUT2D eigenvalue weighted by Crippen LogP contribution is 2.28. The van der Waals surface area contributed by atoms with Crippen LogP contribution in [0, 0.1) is 0 Å². The van der Waals surface area contributed by atoms with Crippen molar-refractivity contribution in [3.63, 3.8) is 0 Å². The number of nitrogens with zero attached hydrogens (tertiary/aromatic N) is 2. The lowest BCUT2D eigenvalue weighted by Crippen LogP contribution is -2.25. The van der Waals surface area contributed by atoms with Crippen LogP contribution in [0.4, 0.5) is 5.69 Å². The third-order valence-electron chi connectivity index (χ3n) is 4.18. The van der Waals surface area contributed by atoms with E-state index in [2.05, 4.69) is 41.4 Å². The summed E-state index contributed by atoms with van der Waals surface area (Å²) in [6, 6.07) is 7.87. The Morgan fingerprint density at radius 1 is 1.27 bits per heavy atom. The number of hydrogen-bond acceptors (Lipinski definition) is 5. The first-order valence-electron chi connectivity index (χ1n) is 9.00. The highest BCUT2D eigenvalue weighted by molar-refractivity contribution is 5.95. The number of ether oxygens (including phenoxy) is 1. The molecule has 0 saturated heterocycles. The third kappa shape index (κ3) is 4.79. The van der Waals surface area contributed by atoms with Gasteiger partial charge in [-0.25, -0.2) is 9.97 Å². The second-order valence-corrected chi connectivity index (χ2v) is 7.57. The summed E-state index contributed by atoms with van der Waals surface area (Å²) in [5, 5.41) is 6.27. The van der Waals surface area contributed by atoms with Crippen LogP contribution in [-0.4, -0.2) is 29.0 Å². The van der Waals surface area contributed by atoms with Crippen LogP contribution >= 0.6 is 0 Å². The zero-order chi connectivity index (χ0) is 18.6. The average molecular weight is 354 g/mol. The normalized spacial score (nSPS) is 13.7. The first kappa shape index (κ1) is 18.3. The molecule has 0 saturated carbocycles. The molecule has 26 heavy (non-hydrogen) atoms. The molecule has 0 unspecified atom stereocenters. The second-order valence-electron chi connectivity index (χ2n) is 7.57. The van der Waals surface area contributed by atoms with Crippen LogP contribution in [0.25, 0.3) is 0 Å². The molecule has 0 aliphatic carbocycles. The summed E-state index contributed by atoms with van der Waals surface area (Å²) in [7, 11) is 0. The summed E-state index contributed by atoms with van der Waals surface area (Å²) < 4.78 is 5.37. The van der Waals surface area contributed by atoms with E-state index in [9.17, 15) is 4.79 Å². The Balaban J connectivity index is 1.45. The average Bonchev–Trinajstić information content (AvgIpc) is 2.60. The minimum absolute atomic E-state index is 0.0279. The Morgan fingerprint density at radius 2 is 2.12 bits per heavy atom. The summed E-state index contributed by atoms with van der Waals surface area (Å²) in [6.07, 6.45) is 3.78. The maximum atomic E-state index is 11.4. The third-order valence-corrected chi connectivity index (χ3v) is 4.18. The van der Waals surface area contributed by atoms with Crippen LogP contribution in [0.2, 0.25) is 0 Å². The van der Waals surface area contributed by atoms with Crippen LogP contribution in [-0.2, 0) is 23.2 Å². The molecule has 2 heterocycles. The predicted molar refractivity (Wildman–Crippen MR) is 101 cm³/mol. The maximum Gasteiger partial charge on any atom is 0.262 e. The number of carbonyl (C=O) groups is 1. The summed E-state index contributed by atoms with van der Waals surface area (Å²) >= 11 is 0. The van der Waals surface area contributed by atoms with Crippen molar-refractivity contribution in [1.82, 2.24) is 15.3 Å². The molecule has 6 heteroatoms. The molecule has 6 nitrogen and oxygen atoms in total. The molecule has 3 rings (SSSR count). The second kappa shape index (κ2) is 7.83. The minimum Gasteiger partial charge on any atom is -0.482 e. The molecule has 0 atom stereocenters. The summed E-state index contributed by atoms with van der Waals surface area (Å²) in [4.78, 5) is 20.4. The monoisotopic (exact) mass is 354 g/mol. The number of aromatic nitrogens is 2. The number of fused-ring (bicyclic) bond motifs is 1. The lowest BCUT2D eigenvalue weighted by Gasteiger charge is -2.18. The number of anilines is 1. The van der Waals surface area contributed by atoms with Gasteiger partial charge in [0.25, 0.3) is 5.91 Å². The van der Waals surface area contributed by atoms with Gasteiger partial charge in [0.2, 0.25) is 0 Å². The summed E-state index contributed by atoms with van der Waals surface area (Å²) in [5.41, 5.74) is 2.92. The Hall–Kier alpha value is -2.47. The Morgan fingerprint density at radius 3 is 2.92 bits per heavy atom. The fourth-order valence-electron chi connectivity index (χ4n) is 2.76. The van der Waals surface area contributed by atoms with Gasteiger partial charge in [-0.3, -0.25) is 4.79 Å². The molecule has 1 aliphatic rings. The molecule has 2 aromatic rings. The molecule has 1 aliphatic heterocycles. The number of amides is 1. The lowest BCUT2D eigenvalue weighted by atomic mass is 9.95. The molecule has 0 radical (unpaired) electrons. The van der Waals surface area contributed by atoms with E-state index in [0.717, 1.165) is 54.4 Å². The SMILES string of the molecule is CC(C)(C)c1nccc(CCCNCc2ccc3c(c2)NC(=O)CO3)n1. The molecule has 1 aromatic heterocycles. The van der Waals surface area contributed by atoms with Crippen molar-refractivity contribution in [3.8, 4) is 5.75 Å².